The molecule has 2 aromatic rings. The number of sulfone groups is 1. The SMILES string of the molecule is CCOC[C@H]1CCS(=O)(=O)C12CN(Cc1ccc3ccccc3n1)C2. The Bertz CT molecular complexity index is 875. The van der Waals surface area contributed by atoms with Gasteiger partial charge >= 0.3 is 0 Å². The molecule has 2 aliphatic heterocycles. The Kier molecular flexibility index (Phi) is 4.30. The number of hydrogen-bond acceptors (Lipinski definition) is 5. The Hall–Kier alpha value is -1.50. The van der Waals surface area contributed by atoms with Crippen molar-refractivity contribution in [2.24, 2.45) is 5.92 Å². The molecular weight excluding hydrogens is 336 g/mol. The zero-order valence-electron chi connectivity index (χ0n) is 14.5. The number of ether oxygens (including phenoxy) is 1. The van der Waals surface area contributed by atoms with E-state index in [1.165, 1.54) is 0 Å². The second-order valence-electron chi connectivity index (χ2n) is 7.17. The fourth-order valence-electron chi connectivity index (χ4n) is 4.22. The summed E-state index contributed by atoms with van der Waals surface area (Å²) >= 11 is 0. The molecule has 2 fully saturated rings. The van der Waals surface area contributed by atoms with Gasteiger partial charge in [0.25, 0.3) is 0 Å². The van der Waals surface area contributed by atoms with Gasteiger partial charge in [-0.25, -0.2) is 8.42 Å². The summed E-state index contributed by atoms with van der Waals surface area (Å²) in [7, 11) is -3.03. The number of fused-ring (bicyclic) bond motifs is 1. The molecule has 5 nitrogen and oxygen atoms in total. The quantitative estimate of drug-likeness (QED) is 0.819. The van der Waals surface area contributed by atoms with Gasteiger partial charge in [-0.15, -0.1) is 0 Å². The van der Waals surface area contributed by atoms with Crippen molar-refractivity contribution in [3.63, 3.8) is 0 Å². The number of hydrogen-bond donors (Lipinski definition) is 0. The number of para-hydroxylation sites is 1. The molecule has 0 unspecified atom stereocenters. The maximum Gasteiger partial charge on any atom is 0.158 e. The lowest BCUT2D eigenvalue weighted by Gasteiger charge is -2.49. The maximum atomic E-state index is 12.6. The second-order valence-corrected chi connectivity index (χ2v) is 9.62. The Morgan fingerprint density at radius 2 is 2.04 bits per heavy atom. The van der Waals surface area contributed by atoms with Gasteiger partial charge in [0.15, 0.2) is 9.84 Å². The third kappa shape index (κ3) is 2.86. The topological polar surface area (TPSA) is 59.5 Å². The summed E-state index contributed by atoms with van der Waals surface area (Å²) in [6, 6.07) is 12.2. The van der Waals surface area contributed by atoms with E-state index in [2.05, 4.69) is 11.0 Å². The molecule has 1 aromatic heterocycles. The van der Waals surface area contributed by atoms with Crippen LogP contribution in [0.15, 0.2) is 36.4 Å². The van der Waals surface area contributed by atoms with Crippen LogP contribution in [-0.2, 0) is 21.1 Å². The molecule has 0 N–H and O–H groups in total. The van der Waals surface area contributed by atoms with Crippen molar-refractivity contribution in [1.82, 2.24) is 9.88 Å². The zero-order valence-corrected chi connectivity index (χ0v) is 15.3. The summed E-state index contributed by atoms with van der Waals surface area (Å²) in [5.74, 6) is 0.422. The number of rotatable bonds is 5. The van der Waals surface area contributed by atoms with Crippen molar-refractivity contribution in [3.05, 3.63) is 42.1 Å². The molecule has 1 atom stereocenters. The lowest BCUT2D eigenvalue weighted by atomic mass is 9.83. The Morgan fingerprint density at radius 1 is 1.24 bits per heavy atom. The number of pyridine rings is 1. The van der Waals surface area contributed by atoms with Crippen LogP contribution in [0.4, 0.5) is 0 Å². The van der Waals surface area contributed by atoms with E-state index >= 15 is 0 Å². The highest BCUT2D eigenvalue weighted by molar-refractivity contribution is 7.93. The number of benzene rings is 1. The van der Waals surface area contributed by atoms with E-state index in [0.29, 0.717) is 38.6 Å². The van der Waals surface area contributed by atoms with Crippen molar-refractivity contribution in [1.29, 1.82) is 0 Å². The van der Waals surface area contributed by atoms with E-state index < -0.39 is 14.6 Å². The van der Waals surface area contributed by atoms with Gasteiger partial charge in [0.1, 0.15) is 4.75 Å². The summed E-state index contributed by atoms with van der Waals surface area (Å²) in [5.41, 5.74) is 1.98. The molecular formula is C19H24N2O3S. The molecule has 2 saturated heterocycles. The summed E-state index contributed by atoms with van der Waals surface area (Å²) in [6.07, 6.45) is 0.727. The van der Waals surface area contributed by atoms with Gasteiger partial charge in [0.05, 0.1) is 23.6 Å². The van der Waals surface area contributed by atoms with Gasteiger partial charge in [0.2, 0.25) is 0 Å². The van der Waals surface area contributed by atoms with Crippen LogP contribution in [0, 0.1) is 5.92 Å². The normalized spacial score (nSPS) is 24.6. The Morgan fingerprint density at radius 3 is 2.84 bits per heavy atom. The first kappa shape index (κ1) is 16.9. The minimum Gasteiger partial charge on any atom is -0.381 e. The lowest BCUT2D eigenvalue weighted by Crippen LogP contribution is -2.67. The molecule has 0 radical (unpaired) electrons. The summed E-state index contributed by atoms with van der Waals surface area (Å²) < 4.78 is 30.2. The van der Waals surface area contributed by atoms with E-state index in [1.807, 2.05) is 37.3 Å². The predicted molar refractivity (Wildman–Crippen MR) is 98.1 cm³/mol. The minimum atomic E-state index is -3.03. The van der Waals surface area contributed by atoms with E-state index in [-0.39, 0.29) is 5.92 Å². The molecule has 4 rings (SSSR count). The van der Waals surface area contributed by atoms with Crippen molar-refractivity contribution < 1.29 is 13.2 Å². The van der Waals surface area contributed by atoms with Crippen LogP contribution >= 0.6 is 0 Å². The van der Waals surface area contributed by atoms with E-state index in [0.717, 1.165) is 23.0 Å². The van der Waals surface area contributed by atoms with Gasteiger partial charge < -0.3 is 4.74 Å². The first-order chi connectivity index (χ1) is 12.0. The third-order valence-corrected chi connectivity index (χ3v) is 8.25. The van der Waals surface area contributed by atoms with Gasteiger partial charge in [-0.1, -0.05) is 24.3 Å². The van der Waals surface area contributed by atoms with Crippen molar-refractivity contribution in [2.45, 2.75) is 24.6 Å². The predicted octanol–water partition coefficient (Wildman–Crippen LogP) is 2.26. The smallest absolute Gasteiger partial charge is 0.158 e. The van der Waals surface area contributed by atoms with Gasteiger partial charge in [0, 0.05) is 37.5 Å². The van der Waals surface area contributed by atoms with E-state index in [9.17, 15) is 8.42 Å². The van der Waals surface area contributed by atoms with Crippen molar-refractivity contribution >= 4 is 20.7 Å². The molecule has 1 aromatic carbocycles. The van der Waals surface area contributed by atoms with Crippen LogP contribution in [0.2, 0.25) is 0 Å². The molecule has 2 aliphatic rings. The van der Waals surface area contributed by atoms with Crippen LogP contribution in [0.5, 0.6) is 0 Å². The first-order valence-corrected chi connectivity index (χ1v) is 10.6. The van der Waals surface area contributed by atoms with Crippen LogP contribution in [0.25, 0.3) is 10.9 Å². The average Bonchev–Trinajstić information content (AvgIpc) is 2.84. The highest BCUT2D eigenvalue weighted by atomic mass is 32.2. The summed E-state index contributed by atoms with van der Waals surface area (Å²) in [6.45, 7) is 5.04. The molecule has 0 amide bonds. The highest BCUT2D eigenvalue weighted by Crippen LogP contribution is 2.45. The largest absolute Gasteiger partial charge is 0.381 e. The first-order valence-electron chi connectivity index (χ1n) is 8.91. The number of nitrogens with zero attached hydrogens (tertiary/aromatic N) is 2. The molecule has 25 heavy (non-hydrogen) atoms. The third-order valence-electron chi connectivity index (χ3n) is 5.65. The molecule has 6 heteroatoms. The fraction of sp³-hybridized carbons (Fsp3) is 0.526. The van der Waals surface area contributed by atoms with E-state index in [1.54, 1.807) is 0 Å². The molecule has 0 aliphatic carbocycles. The van der Waals surface area contributed by atoms with E-state index in [4.69, 9.17) is 9.72 Å². The van der Waals surface area contributed by atoms with Gasteiger partial charge in [-0.3, -0.25) is 9.88 Å². The maximum absolute atomic E-state index is 12.6. The summed E-state index contributed by atoms with van der Waals surface area (Å²) in [5, 5.41) is 1.13. The molecule has 0 bridgehead atoms. The number of aromatic nitrogens is 1. The molecule has 3 heterocycles. The average molecular weight is 360 g/mol. The lowest BCUT2D eigenvalue weighted by molar-refractivity contribution is 0.0287. The van der Waals surface area contributed by atoms with Crippen molar-refractivity contribution in [3.8, 4) is 0 Å². The van der Waals surface area contributed by atoms with Gasteiger partial charge in [-0.05, 0) is 25.5 Å². The molecule has 0 saturated carbocycles. The standard InChI is InChI=1S/C19H24N2O3S/c1-2-24-12-16-9-10-25(22,23)19(16)13-21(14-19)11-17-8-7-15-5-3-4-6-18(15)20-17/h3-8,16H,2,9-14H2,1H3/t16-/m1/s1. The monoisotopic (exact) mass is 360 g/mol. The number of likely N-dealkylation sites (tertiary alicyclic amines) is 1. The molecule has 134 valence electrons. The zero-order chi connectivity index (χ0) is 17.5. The van der Waals surface area contributed by atoms with Crippen LogP contribution in [-0.4, -0.2) is 55.1 Å². The minimum absolute atomic E-state index is 0.123. The fourth-order valence-corrected chi connectivity index (χ4v) is 6.67. The van der Waals surface area contributed by atoms with Crippen LogP contribution in [0.1, 0.15) is 19.0 Å². The second kappa shape index (κ2) is 6.34. The van der Waals surface area contributed by atoms with Gasteiger partial charge in [-0.2, -0.15) is 0 Å². The van der Waals surface area contributed by atoms with Crippen molar-refractivity contribution in [2.75, 3.05) is 32.1 Å². The van der Waals surface area contributed by atoms with Crippen LogP contribution < -0.4 is 0 Å². The van der Waals surface area contributed by atoms with Crippen LogP contribution in [0.3, 0.4) is 0 Å². The molecule has 1 spiro atoms. The summed E-state index contributed by atoms with van der Waals surface area (Å²) in [4.78, 5) is 6.89. The Labute approximate surface area is 148 Å². The highest BCUT2D eigenvalue weighted by Gasteiger charge is 2.61. The Balaban J connectivity index is 1.47.